The highest BCUT2D eigenvalue weighted by Gasteiger charge is 2.29. The summed E-state index contributed by atoms with van der Waals surface area (Å²) in [5.41, 5.74) is 0.129. The lowest BCUT2D eigenvalue weighted by Gasteiger charge is -2.08. The van der Waals surface area contributed by atoms with Gasteiger partial charge in [0.1, 0.15) is 11.6 Å². The van der Waals surface area contributed by atoms with E-state index in [2.05, 4.69) is 0 Å². The van der Waals surface area contributed by atoms with Crippen LogP contribution in [0.3, 0.4) is 0 Å². The Morgan fingerprint density at radius 1 is 0.800 bits per heavy atom. The molecule has 0 nitrogen and oxygen atoms in total. The van der Waals surface area contributed by atoms with Crippen molar-refractivity contribution in [2.45, 2.75) is 19.0 Å². The molecule has 2 rings (SSSR count). The van der Waals surface area contributed by atoms with Gasteiger partial charge < -0.3 is 0 Å². The normalized spacial score (nSPS) is 11.7. The third kappa shape index (κ3) is 3.56. The van der Waals surface area contributed by atoms with E-state index in [1.54, 1.807) is 0 Å². The van der Waals surface area contributed by atoms with Crippen molar-refractivity contribution in [3.05, 3.63) is 70.8 Å². The summed E-state index contributed by atoms with van der Waals surface area (Å²) in [6.45, 7) is 0. The van der Waals surface area contributed by atoms with Crippen LogP contribution in [0.5, 0.6) is 0 Å². The van der Waals surface area contributed by atoms with Gasteiger partial charge in [-0.25, -0.2) is 8.78 Å². The second kappa shape index (κ2) is 5.61. The molecule has 0 atom stereocenters. The second-order valence-electron chi connectivity index (χ2n) is 4.43. The maximum atomic E-state index is 13.4. The molecular weight excluding hydrogens is 275 g/mol. The zero-order chi connectivity index (χ0) is 14.8. The molecule has 5 heteroatoms. The Kier molecular flexibility index (Phi) is 4.06. The van der Waals surface area contributed by atoms with Gasteiger partial charge in [0.15, 0.2) is 0 Å². The van der Waals surface area contributed by atoms with Gasteiger partial charge in [0.2, 0.25) is 0 Å². The summed E-state index contributed by atoms with van der Waals surface area (Å²) in [4.78, 5) is 0. The smallest absolute Gasteiger partial charge is 0.207 e. The molecule has 0 aliphatic heterocycles. The highest BCUT2D eigenvalue weighted by Crippen LogP contribution is 2.29. The fraction of sp³-hybridized carbons (Fsp3) is 0.200. The molecule has 0 saturated heterocycles. The SMILES string of the molecule is Fc1ccc(F)c(CCc2ccc(C(F)(F)F)cc2)c1. The molecule has 20 heavy (non-hydrogen) atoms. The number of aryl methyl sites for hydroxylation is 2. The van der Waals surface area contributed by atoms with Gasteiger partial charge in [0.25, 0.3) is 0 Å². The van der Waals surface area contributed by atoms with Crippen molar-refractivity contribution >= 4 is 0 Å². The first-order chi connectivity index (χ1) is 9.36. The third-order valence-corrected chi connectivity index (χ3v) is 2.97. The van der Waals surface area contributed by atoms with Crippen LogP contribution >= 0.6 is 0 Å². The van der Waals surface area contributed by atoms with Crippen LogP contribution < -0.4 is 0 Å². The number of hydrogen-bond acceptors (Lipinski definition) is 0. The average molecular weight is 286 g/mol. The third-order valence-electron chi connectivity index (χ3n) is 2.97. The van der Waals surface area contributed by atoms with Gasteiger partial charge in [0.05, 0.1) is 5.56 Å². The molecule has 0 aliphatic carbocycles. The summed E-state index contributed by atoms with van der Waals surface area (Å²) in [5, 5.41) is 0. The first-order valence-corrected chi connectivity index (χ1v) is 5.96. The summed E-state index contributed by atoms with van der Waals surface area (Å²) in [5.74, 6) is -1.05. The molecule has 0 spiro atoms. The van der Waals surface area contributed by atoms with E-state index in [0.29, 0.717) is 12.0 Å². The van der Waals surface area contributed by atoms with Gasteiger partial charge in [0, 0.05) is 0 Å². The lowest BCUT2D eigenvalue weighted by Crippen LogP contribution is -2.04. The van der Waals surface area contributed by atoms with Crippen LogP contribution in [0, 0.1) is 11.6 Å². The predicted molar refractivity (Wildman–Crippen MR) is 65.2 cm³/mol. The first-order valence-electron chi connectivity index (χ1n) is 5.96. The standard InChI is InChI=1S/C15H11F5/c16-13-7-8-14(17)11(9-13)4-1-10-2-5-12(6-3-10)15(18,19)20/h2-3,5-9H,1,4H2. The molecule has 0 fully saturated rings. The first kappa shape index (κ1) is 14.5. The Morgan fingerprint density at radius 2 is 1.45 bits per heavy atom. The number of alkyl halides is 3. The second-order valence-corrected chi connectivity index (χ2v) is 4.43. The monoisotopic (exact) mass is 286 g/mol. The zero-order valence-corrected chi connectivity index (χ0v) is 10.3. The van der Waals surface area contributed by atoms with Crippen LogP contribution in [0.1, 0.15) is 16.7 Å². The molecule has 2 aromatic carbocycles. The van der Waals surface area contributed by atoms with Crippen LogP contribution in [0.25, 0.3) is 0 Å². The molecule has 0 saturated carbocycles. The summed E-state index contributed by atoms with van der Waals surface area (Å²) in [6, 6.07) is 7.82. The minimum Gasteiger partial charge on any atom is -0.207 e. The molecule has 0 aromatic heterocycles. The topological polar surface area (TPSA) is 0 Å². The zero-order valence-electron chi connectivity index (χ0n) is 10.3. The van der Waals surface area contributed by atoms with E-state index in [-0.39, 0.29) is 12.0 Å². The molecular formula is C15H11F5. The number of hydrogen-bond donors (Lipinski definition) is 0. The van der Waals surface area contributed by atoms with Crippen molar-refractivity contribution in [2.75, 3.05) is 0 Å². The Hall–Kier alpha value is -1.91. The summed E-state index contributed by atoms with van der Waals surface area (Å²) < 4.78 is 63.5. The van der Waals surface area contributed by atoms with E-state index in [1.165, 1.54) is 12.1 Å². The Morgan fingerprint density at radius 3 is 2.05 bits per heavy atom. The van der Waals surface area contributed by atoms with E-state index < -0.39 is 23.4 Å². The Balaban J connectivity index is 2.06. The van der Waals surface area contributed by atoms with Gasteiger partial charge in [-0.05, 0) is 54.3 Å². The van der Waals surface area contributed by atoms with Gasteiger partial charge in [-0.3, -0.25) is 0 Å². The van der Waals surface area contributed by atoms with E-state index >= 15 is 0 Å². The molecule has 0 aliphatic rings. The maximum absolute atomic E-state index is 13.4. The van der Waals surface area contributed by atoms with Crippen molar-refractivity contribution in [1.82, 2.24) is 0 Å². The van der Waals surface area contributed by atoms with Gasteiger partial charge >= 0.3 is 6.18 Å². The molecule has 0 heterocycles. The number of halogens is 5. The summed E-state index contributed by atoms with van der Waals surface area (Å²) in [7, 11) is 0. The van der Waals surface area contributed by atoms with Crippen LogP contribution in [-0.4, -0.2) is 0 Å². The summed E-state index contributed by atoms with van der Waals surface area (Å²) >= 11 is 0. The van der Waals surface area contributed by atoms with Crippen LogP contribution in [0.2, 0.25) is 0 Å². The molecule has 0 radical (unpaired) electrons. The van der Waals surface area contributed by atoms with Crippen molar-refractivity contribution in [2.24, 2.45) is 0 Å². The molecule has 2 aromatic rings. The molecule has 0 bridgehead atoms. The molecule has 106 valence electrons. The van der Waals surface area contributed by atoms with Crippen LogP contribution in [0.4, 0.5) is 22.0 Å². The lowest BCUT2D eigenvalue weighted by atomic mass is 10.0. The van der Waals surface area contributed by atoms with E-state index in [1.807, 2.05) is 0 Å². The highest BCUT2D eigenvalue weighted by atomic mass is 19.4. The largest absolute Gasteiger partial charge is 0.416 e. The maximum Gasteiger partial charge on any atom is 0.416 e. The lowest BCUT2D eigenvalue weighted by molar-refractivity contribution is -0.137. The van der Waals surface area contributed by atoms with Crippen molar-refractivity contribution < 1.29 is 22.0 Å². The van der Waals surface area contributed by atoms with Gasteiger partial charge in [-0.15, -0.1) is 0 Å². The van der Waals surface area contributed by atoms with Crippen molar-refractivity contribution in [3.63, 3.8) is 0 Å². The van der Waals surface area contributed by atoms with E-state index in [0.717, 1.165) is 30.3 Å². The number of rotatable bonds is 3. The van der Waals surface area contributed by atoms with Crippen LogP contribution in [0.15, 0.2) is 42.5 Å². The fourth-order valence-corrected chi connectivity index (χ4v) is 1.87. The highest BCUT2D eigenvalue weighted by molar-refractivity contribution is 5.26. The minimum atomic E-state index is -4.37. The summed E-state index contributed by atoms with van der Waals surface area (Å²) in [6.07, 6.45) is -3.79. The average Bonchev–Trinajstić information content (AvgIpc) is 2.39. The quantitative estimate of drug-likeness (QED) is 0.713. The fourth-order valence-electron chi connectivity index (χ4n) is 1.87. The van der Waals surface area contributed by atoms with Crippen molar-refractivity contribution in [3.8, 4) is 0 Å². The molecule has 0 N–H and O–H groups in total. The van der Waals surface area contributed by atoms with E-state index in [9.17, 15) is 22.0 Å². The van der Waals surface area contributed by atoms with E-state index in [4.69, 9.17) is 0 Å². The number of benzene rings is 2. The minimum absolute atomic E-state index is 0.213. The molecule has 0 amide bonds. The molecule has 0 unspecified atom stereocenters. The Bertz CT molecular complexity index is 584. The van der Waals surface area contributed by atoms with Gasteiger partial charge in [-0.1, -0.05) is 12.1 Å². The predicted octanol–water partition coefficient (Wildman–Crippen LogP) is 4.77. The van der Waals surface area contributed by atoms with Crippen molar-refractivity contribution in [1.29, 1.82) is 0 Å². The van der Waals surface area contributed by atoms with Crippen LogP contribution in [-0.2, 0) is 19.0 Å². The van der Waals surface area contributed by atoms with Gasteiger partial charge in [-0.2, -0.15) is 13.2 Å². The Labute approximate surface area is 112 Å².